The molecule has 8 heteroatoms. The molecule has 0 fully saturated rings. The van der Waals surface area contributed by atoms with E-state index in [1.165, 1.54) is 30.3 Å². The van der Waals surface area contributed by atoms with Crippen molar-refractivity contribution >= 4 is 17.3 Å². The first-order valence-corrected chi connectivity index (χ1v) is 7.31. The van der Waals surface area contributed by atoms with Gasteiger partial charge in [-0.15, -0.1) is 0 Å². The van der Waals surface area contributed by atoms with Crippen LogP contribution in [0.4, 0.5) is 11.4 Å². The molecule has 0 bridgehead atoms. The largest absolute Gasteiger partial charge is 0.471 e. The van der Waals surface area contributed by atoms with Gasteiger partial charge in [-0.1, -0.05) is 36.4 Å². The van der Waals surface area contributed by atoms with Crippen LogP contribution in [-0.4, -0.2) is 16.0 Å². The Morgan fingerprint density at radius 2 is 1.96 bits per heavy atom. The summed E-state index contributed by atoms with van der Waals surface area (Å²) in [5, 5.41) is 16.9. The number of carbonyl (C=O) groups excluding carboxylic acids is 1. The highest BCUT2D eigenvalue weighted by Crippen LogP contribution is 2.19. The quantitative estimate of drug-likeness (QED) is 0.544. The first-order valence-electron chi connectivity index (χ1n) is 7.31. The number of nitrogens with one attached hydrogen (secondary N) is 1. The smallest absolute Gasteiger partial charge is 0.294 e. The van der Waals surface area contributed by atoms with Gasteiger partial charge in [-0.2, -0.15) is 0 Å². The fourth-order valence-corrected chi connectivity index (χ4v) is 2.06. The molecular weight excluding hydrogens is 326 g/mol. The molecule has 1 N–H and O–H groups in total. The highest BCUT2D eigenvalue weighted by Gasteiger charge is 2.15. The van der Waals surface area contributed by atoms with E-state index in [0.717, 1.165) is 5.56 Å². The van der Waals surface area contributed by atoms with Crippen molar-refractivity contribution in [3.05, 3.63) is 82.1 Å². The Kier molecular flexibility index (Phi) is 4.70. The molecule has 8 nitrogen and oxygen atoms in total. The van der Waals surface area contributed by atoms with E-state index in [4.69, 9.17) is 9.26 Å². The van der Waals surface area contributed by atoms with Crippen molar-refractivity contribution < 1.29 is 19.0 Å². The molecule has 2 aromatic carbocycles. The Balaban J connectivity index is 1.62. The second-order valence-corrected chi connectivity index (χ2v) is 5.07. The molecule has 0 radical (unpaired) electrons. The van der Waals surface area contributed by atoms with Crippen LogP contribution < -0.4 is 10.1 Å². The van der Waals surface area contributed by atoms with Gasteiger partial charge >= 0.3 is 0 Å². The maximum atomic E-state index is 12.1. The van der Waals surface area contributed by atoms with Crippen molar-refractivity contribution in [3.63, 3.8) is 0 Å². The predicted molar refractivity (Wildman–Crippen MR) is 88.3 cm³/mol. The van der Waals surface area contributed by atoms with E-state index in [-0.39, 0.29) is 23.0 Å². The molecule has 0 aliphatic carbocycles. The molecule has 0 aliphatic heterocycles. The highest BCUT2D eigenvalue weighted by atomic mass is 16.6. The molecule has 0 saturated heterocycles. The second kappa shape index (κ2) is 7.26. The maximum Gasteiger partial charge on any atom is 0.294 e. The summed E-state index contributed by atoms with van der Waals surface area (Å²) >= 11 is 0. The summed E-state index contributed by atoms with van der Waals surface area (Å²) < 4.78 is 10.4. The van der Waals surface area contributed by atoms with Crippen LogP contribution in [0.5, 0.6) is 5.88 Å². The Bertz CT molecular complexity index is 892. The van der Waals surface area contributed by atoms with E-state index in [1.807, 2.05) is 30.3 Å². The third kappa shape index (κ3) is 4.20. The van der Waals surface area contributed by atoms with Crippen LogP contribution in [-0.2, 0) is 6.61 Å². The molecule has 1 aromatic heterocycles. The molecule has 0 unspecified atom stereocenters. The number of amides is 1. The molecule has 0 aliphatic rings. The number of hydrogen-bond acceptors (Lipinski definition) is 6. The van der Waals surface area contributed by atoms with Crippen molar-refractivity contribution in [2.45, 2.75) is 6.61 Å². The van der Waals surface area contributed by atoms with Gasteiger partial charge in [-0.3, -0.25) is 14.9 Å². The van der Waals surface area contributed by atoms with Gasteiger partial charge in [0.15, 0.2) is 0 Å². The highest BCUT2D eigenvalue weighted by molar-refractivity contribution is 6.02. The Hall–Kier alpha value is -3.68. The third-order valence-corrected chi connectivity index (χ3v) is 3.26. The third-order valence-electron chi connectivity index (χ3n) is 3.26. The minimum absolute atomic E-state index is 0.0606. The monoisotopic (exact) mass is 339 g/mol. The van der Waals surface area contributed by atoms with Crippen LogP contribution in [0, 0.1) is 10.1 Å². The average molecular weight is 339 g/mol. The number of non-ortho nitro benzene ring substituents is 1. The van der Waals surface area contributed by atoms with Gasteiger partial charge in [0.05, 0.1) is 11.0 Å². The zero-order valence-corrected chi connectivity index (χ0v) is 12.9. The van der Waals surface area contributed by atoms with Crippen molar-refractivity contribution in [3.8, 4) is 5.88 Å². The lowest BCUT2D eigenvalue weighted by atomic mass is 10.2. The number of nitro benzene ring substituents is 1. The molecule has 3 aromatic rings. The van der Waals surface area contributed by atoms with Crippen molar-refractivity contribution in [2.75, 3.05) is 5.32 Å². The molecule has 0 atom stereocenters. The number of carbonyl (C=O) groups is 1. The lowest BCUT2D eigenvalue weighted by molar-refractivity contribution is -0.384. The van der Waals surface area contributed by atoms with E-state index in [0.29, 0.717) is 6.61 Å². The number of ether oxygens (including phenoxy) is 1. The summed E-state index contributed by atoms with van der Waals surface area (Å²) in [7, 11) is 0. The Morgan fingerprint density at radius 1 is 1.16 bits per heavy atom. The van der Waals surface area contributed by atoms with Gasteiger partial charge in [0.1, 0.15) is 6.61 Å². The minimum Gasteiger partial charge on any atom is -0.471 e. The van der Waals surface area contributed by atoms with E-state index in [9.17, 15) is 14.9 Å². The molecular formula is C17H13N3O5. The van der Waals surface area contributed by atoms with Crippen LogP contribution in [0.1, 0.15) is 16.1 Å². The van der Waals surface area contributed by atoms with Crippen molar-refractivity contribution in [2.24, 2.45) is 0 Å². The molecule has 0 saturated carbocycles. The zero-order chi connectivity index (χ0) is 17.6. The molecule has 0 spiro atoms. The number of anilines is 1. The van der Waals surface area contributed by atoms with Gasteiger partial charge in [0.25, 0.3) is 17.5 Å². The Labute approximate surface area is 142 Å². The van der Waals surface area contributed by atoms with Crippen molar-refractivity contribution in [1.29, 1.82) is 0 Å². The fraction of sp³-hybridized carbons (Fsp3) is 0.0588. The van der Waals surface area contributed by atoms with Gasteiger partial charge in [-0.25, -0.2) is 0 Å². The number of hydrogen-bond donors (Lipinski definition) is 1. The first-order chi connectivity index (χ1) is 12.1. The first kappa shape index (κ1) is 16.2. The van der Waals surface area contributed by atoms with Gasteiger partial charge in [0, 0.05) is 17.8 Å². The molecule has 3 rings (SSSR count). The average Bonchev–Trinajstić information content (AvgIpc) is 3.10. The van der Waals surface area contributed by atoms with Crippen LogP contribution >= 0.6 is 0 Å². The number of nitrogens with zero attached hydrogens (tertiary/aromatic N) is 2. The van der Waals surface area contributed by atoms with Gasteiger partial charge in [0.2, 0.25) is 5.76 Å². The zero-order valence-electron chi connectivity index (χ0n) is 12.9. The number of rotatable bonds is 6. The van der Waals surface area contributed by atoms with Crippen LogP contribution in [0.2, 0.25) is 0 Å². The summed E-state index contributed by atoms with van der Waals surface area (Å²) in [5.41, 5.74) is 1.11. The maximum absolute atomic E-state index is 12.1. The van der Waals surface area contributed by atoms with E-state index in [1.54, 1.807) is 0 Å². The standard InChI is InChI=1S/C17H13N3O5/c21-17(18-13-7-4-8-14(9-13)20(22)23)15-10-16(19-25-15)24-11-12-5-2-1-3-6-12/h1-10H,11H2,(H,18,21). The summed E-state index contributed by atoms with van der Waals surface area (Å²) in [6.07, 6.45) is 0. The summed E-state index contributed by atoms with van der Waals surface area (Å²) in [6.45, 7) is 0.291. The SMILES string of the molecule is O=C(Nc1cccc([N+](=O)[O-])c1)c1cc(OCc2ccccc2)no1. The Morgan fingerprint density at radius 3 is 2.72 bits per heavy atom. The van der Waals surface area contributed by atoms with Crippen molar-refractivity contribution in [1.82, 2.24) is 5.16 Å². The lowest BCUT2D eigenvalue weighted by Gasteiger charge is -2.02. The van der Waals surface area contributed by atoms with E-state index < -0.39 is 10.8 Å². The summed E-state index contributed by atoms with van der Waals surface area (Å²) in [6, 6.07) is 16.4. The second-order valence-electron chi connectivity index (χ2n) is 5.07. The van der Waals surface area contributed by atoms with Crippen LogP contribution in [0.3, 0.4) is 0 Å². The van der Waals surface area contributed by atoms with E-state index in [2.05, 4.69) is 10.5 Å². The van der Waals surface area contributed by atoms with Gasteiger partial charge in [-0.05, 0) is 16.8 Å². The molecule has 25 heavy (non-hydrogen) atoms. The van der Waals surface area contributed by atoms with E-state index >= 15 is 0 Å². The fourth-order valence-electron chi connectivity index (χ4n) is 2.06. The molecule has 126 valence electrons. The van der Waals surface area contributed by atoms with Crippen LogP contribution in [0.15, 0.2) is 65.2 Å². The lowest BCUT2D eigenvalue weighted by Crippen LogP contribution is -2.11. The number of benzene rings is 2. The summed E-state index contributed by atoms with van der Waals surface area (Å²) in [5.74, 6) is -0.467. The number of nitro groups is 1. The summed E-state index contributed by atoms with van der Waals surface area (Å²) in [4.78, 5) is 22.3. The predicted octanol–water partition coefficient (Wildman–Crippen LogP) is 3.41. The van der Waals surface area contributed by atoms with Crippen LogP contribution in [0.25, 0.3) is 0 Å². The molecule has 1 heterocycles. The molecule has 1 amide bonds. The minimum atomic E-state index is -0.581. The number of aromatic nitrogens is 1. The topological polar surface area (TPSA) is 108 Å². The normalized spacial score (nSPS) is 10.2. The van der Waals surface area contributed by atoms with Gasteiger partial charge < -0.3 is 14.6 Å².